The molecule has 0 aliphatic heterocycles. The van der Waals surface area contributed by atoms with Gasteiger partial charge >= 0.3 is 0 Å². The van der Waals surface area contributed by atoms with Crippen LogP contribution >= 0.6 is 0 Å². The van der Waals surface area contributed by atoms with E-state index < -0.39 is 0 Å². The lowest BCUT2D eigenvalue weighted by Gasteiger charge is -2.14. The fraction of sp³-hybridized carbons (Fsp3) is 0.714. The van der Waals surface area contributed by atoms with E-state index in [1.807, 2.05) is 6.07 Å². The highest BCUT2D eigenvalue weighted by Gasteiger charge is 2.09. The maximum absolute atomic E-state index is 10.0. The van der Waals surface area contributed by atoms with E-state index in [2.05, 4.69) is 26.8 Å². The number of aromatic hydroxyl groups is 1. The Hall–Kier alpha value is -0.980. The Labute approximate surface area is 138 Å². The third-order valence-corrected chi connectivity index (χ3v) is 4.75. The van der Waals surface area contributed by atoms with Crippen LogP contribution in [0.15, 0.2) is 12.1 Å². The first-order valence-electron chi connectivity index (χ1n) is 9.51. The molecule has 1 nitrogen and oxygen atoms in total. The molecule has 0 spiro atoms. The van der Waals surface area contributed by atoms with Crippen molar-refractivity contribution in [1.82, 2.24) is 0 Å². The van der Waals surface area contributed by atoms with Crippen molar-refractivity contribution in [1.29, 1.82) is 0 Å². The summed E-state index contributed by atoms with van der Waals surface area (Å²) >= 11 is 0. The molecule has 0 atom stereocenters. The molecule has 22 heavy (non-hydrogen) atoms. The smallest absolute Gasteiger partial charge is 0.118 e. The van der Waals surface area contributed by atoms with E-state index in [4.69, 9.17) is 0 Å². The lowest BCUT2D eigenvalue weighted by Crippen LogP contribution is -1.99. The molecule has 1 heteroatoms. The van der Waals surface area contributed by atoms with E-state index in [0.29, 0.717) is 5.75 Å². The monoisotopic (exact) mass is 304 g/mol. The summed E-state index contributed by atoms with van der Waals surface area (Å²) in [4.78, 5) is 0. The maximum atomic E-state index is 10.0. The molecule has 0 saturated carbocycles. The van der Waals surface area contributed by atoms with Gasteiger partial charge in [0.1, 0.15) is 5.75 Å². The van der Waals surface area contributed by atoms with Gasteiger partial charge in [0.25, 0.3) is 0 Å². The highest BCUT2D eigenvalue weighted by molar-refractivity contribution is 5.43. The van der Waals surface area contributed by atoms with Crippen molar-refractivity contribution in [3.05, 3.63) is 28.8 Å². The number of phenolic OH excluding ortho intramolecular Hbond substituents is 1. The third-order valence-electron chi connectivity index (χ3n) is 4.75. The zero-order valence-corrected chi connectivity index (χ0v) is 15.1. The van der Waals surface area contributed by atoms with Gasteiger partial charge in [0.2, 0.25) is 0 Å². The number of hydrogen-bond donors (Lipinski definition) is 1. The lowest BCUT2D eigenvalue weighted by molar-refractivity contribution is 0.469. The SMILES string of the molecule is CCCCCCCc1ccc(O)c(C)c1CCCCCCC. The van der Waals surface area contributed by atoms with Crippen LogP contribution in [-0.4, -0.2) is 5.11 Å². The summed E-state index contributed by atoms with van der Waals surface area (Å²) in [6, 6.07) is 4.04. The number of aryl methyl sites for hydroxylation is 1. The second-order valence-electron chi connectivity index (χ2n) is 6.68. The second-order valence-corrected chi connectivity index (χ2v) is 6.68. The molecule has 1 N–H and O–H groups in total. The van der Waals surface area contributed by atoms with Gasteiger partial charge in [-0.2, -0.15) is 0 Å². The van der Waals surface area contributed by atoms with Gasteiger partial charge in [0, 0.05) is 0 Å². The second kappa shape index (κ2) is 11.6. The lowest BCUT2D eigenvalue weighted by atomic mass is 9.92. The van der Waals surface area contributed by atoms with Crippen molar-refractivity contribution < 1.29 is 5.11 Å². The van der Waals surface area contributed by atoms with Gasteiger partial charge < -0.3 is 5.11 Å². The van der Waals surface area contributed by atoms with Gasteiger partial charge in [-0.1, -0.05) is 71.3 Å². The number of rotatable bonds is 12. The van der Waals surface area contributed by atoms with Gasteiger partial charge in [-0.05, 0) is 55.4 Å². The van der Waals surface area contributed by atoms with Crippen LogP contribution in [0.5, 0.6) is 5.75 Å². The molecule has 0 amide bonds. The highest BCUT2D eigenvalue weighted by Crippen LogP contribution is 2.27. The van der Waals surface area contributed by atoms with Crippen LogP contribution < -0.4 is 0 Å². The normalized spacial score (nSPS) is 11.0. The molecule has 0 fully saturated rings. The van der Waals surface area contributed by atoms with Crippen LogP contribution in [0, 0.1) is 6.92 Å². The van der Waals surface area contributed by atoms with E-state index in [1.54, 1.807) is 0 Å². The minimum absolute atomic E-state index is 0.471. The molecule has 0 heterocycles. The Morgan fingerprint density at radius 3 is 1.86 bits per heavy atom. The molecule has 0 aliphatic carbocycles. The standard InChI is InChI=1S/C21H36O/c1-4-6-8-10-12-14-19-16-17-21(22)18(3)20(19)15-13-11-9-7-5-2/h16-17,22H,4-15H2,1-3H3. The average Bonchev–Trinajstić information content (AvgIpc) is 2.52. The van der Waals surface area contributed by atoms with Crippen molar-refractivity contribution in [3.63, 3.8) is 0 Å². The van der Waals surface area contributed by atoms with Gasteiger partial charge in [-0.15, -0.1) is 0 Å². The Balaban J connectivity index is 2.53. The predicted molar refractivity (Wildman–Crippen MR) is 97.8 cm³/mol. The average molecular weight is 305 g/mol. The predicted octanol–water partition coefficient (Wildman–Crippen LogP) is 6.73. The zero-order valence-electron chi connectivity index (χ0n) is 15.1. The Kier molecular flexibility index (Phi) is 10.0. The summed E-state index contributed by atoms with van der Waals surface area (Å²) in [5, 5.41) is 10.0. The van der Waals surface area contributed by atoms with Crippen LogP contribution in [0.4, 0.5) is 0 Å². The van der Waals surface area contributed by atoms with E-state index in [9.17, 15) is 5.11 Å². The molecule has 0 radical (unpaired) electrons. The molecule has 1 rings (SSSR count). The van der Waals surface area contributed by atoms with Gasteiger partial charge in [0.15, 0.2) is 0 Å². The first-order valence-corrected chi connectivity index (χ1v) is 9.51. The van der Waals surface area contributed by atoms with E-state index in [-0.39, 0.29) is 0 Å². The van der Waals surface area contributed by atoms with Crippen LogP contribution in [0.3, 0.4) is 0 Å². The minimum Gasteiger partial charge on any atom is -0.508 e. The molecule has 0 bridgehead atoms. The Bertz CT molecular complexity index is 409. The summed E-state index contributed by atoms with van der Waals surface area (Å²) in [5.41, 5.74) is 4.01. The zero-order chi connectivity index (χ0) is 16.2. The largest absolute Gasteiger partial charge is 0.508 e. The molecule has 0 saturated heterocycles. The third kappa shape index (κ3) is 6.85. The summed E-state index contributed by atoms with van der Waals surface area (Å²) in [7, 11) is 0. The molecule has 126 valence electrons. The Morgan fingerprint density at radius 1 is 0.727 bits per heavy atom. The van der Waals surface area contributed by atoms with Gasteiger partial charge in [-0.3, -0.25) is 0 Å². The van der Waals surface area contributed by atoms with Gasteiger partial charge in [-0.25, -0.2) is 0 Å². The van der Waals surface area contributed by atoms with Crippen molar-refractivity contribution in [3.8, 4) is 5.75 Å². The van der Waals surface area contributed by atoms with Gasteiger partial charge in [0.05, 0.1) is 0 Å². The summed E-state index contributed by atoms with van der Waals surface area (Å²) in [6.45, 7) is 6.60. The maximum Gasteiger partial charge on any atom is 0.118 e. The van der Waals surface area contributed by atoms with Crippen molar-refractivity contribution in [2.75, 3.05) is 0 Å². The van der Waals surface area contributed by atoms with Crippen LogP contribution in [0.25, 0.3) is 0 Å². The molecular formula is C21H36O. The number of hydrogen-bond acceptors (Lipinski definition) is 1. The first kappa shape index (κ1) is 19.1. The number of unbranched alkanes of at least 4 members (excludes halogenated alkanes) is 8. The summed E-state index contributed by atoms with van der Waals surface area (Å²) in [5.74, 6) is 0.471. The molecule has 0 aromatic heterocycles. The topological polar surface area (TPSA) is 20.2 Å². The molecule has 0 unspecified atom stereocenters. The highest BCUT2D eigenvalue weighted by atomic mass is 16.3. The number of benzene rings is 1. The number of phenols is 1. The Morgan fingerprint density at radius 2 is 1.27 bits per heavy atom. The quantitative estimate of drug-likeness (QED) is 0.425. The fourth-order valence-corrected chi connectivity index (χ4v) is 3.21. The molecule has 1 aromatic rings. The molecule has 1 aromatic carbocycles. The summed E-state index contributed by atoms with van der Waals surface area (Å²) in [6.07, 6.45) is 15.5. The van der Waals surface area contributed by atoms with Crippen molar-refractivity contribution in [2.45, 2.75) is 97.8 Å². The fourth-order valence-electron chi connectivity index (χ4n) is 3.21. The van der Waals surface area contributed by atoms with E-state index in [1.165, 1.54) is 81.8 Å². The first-order chi connectivity index (χ1) is 10.7. The van der Waals surface area contributed by atoms with Crippen molar-refractivity contribution in [2.24, 2.45) is 0 Å². The minimum atomic E-state index is 0.471. The molecular weight excluding hydrogens is 268 g/mol. The van der Waals surface area contributed by atoms with E-state index >= 15 is 0 Å². The van der Waals surface area contributed by atoms with Crippen LogP contribution in [0.2, 0.25) is 0 Å². The molecule has 0 aliphatic rings. The van der Waals surface area contributed by atoms with Crippen molar-refractivity contribution >= 4 is 0 Å². The van der Waals surface area contributed by atoms with Crippen LogP contribution in [0.1, 0.15) is 94.7 Å². The summed E-state index contributed by atoms with van der Waals surface area (Å²) < 4.78 is 0. The van der Waals surface area contributed by atoms with Crippen LogP contribution in [-0.2, 0) is 12.8 Å². The van der Waals surface area contributed by atoms with E-state index in [0.717, 1.165) is 12.0 Å².